The lowest BCUT2D eigenvalue weighted by Crippen LogP contribution is -2.14. The number of hydrogen-bond donors (Lipinski definition) is 2. The Kier molecular flexibility index (Phi) is 3.71. The van der Waals surface area contributed by atoms with Crippen molar-refractivity contribution in [3.8, 4) is 0 Å². The van der Waals surface area contributed by atoms with Gasteiger partial charge in [0.15, 0.2) is 0 Å². The Hall–Kier alpha value is -2.07. The molecular formula is C14H14ClN3O. The zero-order valence-electron chi connectivity index (χ0n) is 10.7. The number of amides is 1. The molecule has 19 heavy (non-hydrogen) atoms. The molecule has 3 N–H and O–H groups in total. The normalized spacial score (nSPS) is 10.3. The first-order valence-corrected chi connectivity index (χ1v) is 6.15. The molecule has 2 aromatic rings. The number of nitrogens with zero attached hydrogens (tertiary/aromatic N) is 1. The maximum Gasteiger partial charge on any atom is 0.257 e. The van der Waals surface area contributed by atoms with E-state index >= 15 is 0 Å². The van der Waals surface area contributed by atoms with Crippen molar-refractivity contribution in [3.63, 3.8) is 0 Å². The van der Waals surface area contributed by atoms with Crippen LogP contribution in [0.3, 0.4) is 0 Å². The van der Waals surface area contributed by atoms with Crippen LogP contribution in [0.2, 0.25) is 5.02 Å². The Balaban J connectivity index is 2.31. The highest BCUT2D eigenvalue weighted by Gasteiger charge is 2.13. The smallest absolute Gasteiger partial charge is 0.257 e. The lowest BCUT2D eigenvalue weighted by Gasteiger charge is -2.11. The summed E-state index contributed by atoms with van der Waals surface area (Å²) in [5.41, 5.74) is 8.77. The SMILES string of the molecule is Cc1cccc(NC(=O)c2cc(N)ncc2Cl)c1C. The predicted molar refractivity (Wildman–Crippen MR) is 77.5 cm³/mol. The van der Waals surface area contributed by atoms with Crippen LogP contribution < -0.4 is 11.1 Å². The summed E-state index contributed by atoms with van der Waals surface area (Å²) in [7, 11) is 0. The van der Waals surface area contributed by atoms with E-state index in [0.717, 1.165) is 16.8 Å². The maximum absolute atomic E-state index is 12.2. The number of halogens is 1. The van der Waals surface area contributed by atoms with Crippen LogP contribution in [0.5, 0.6) is 0 Å². The van der Waals surface area contributed by atoms with E-state index in [2.05, 4.69) is 10.3 Å². The van der Waals surface area contributed by atoms with Crippen molar-refractivity contribution in [1.29, 1.82) is 0 Å². The highest BCUT2D eigenvalue weighted by molar-refractivity contribution is 6.34. The standard InChI is InChI=1S/C14H14ClN3O/c1-8-4-3-5-12(9(8)2)18-14(19)10-6-13(16)17-7-11(10)15/h3-7H,1-2H3,(H2,16,17)(H,18,19). The molecule has 0 radical (unpaired) electrons. The lowest BCUT2D eigenvalue weighted by atomic mass is 10.1. The summed E-state index contributed by atoms with van der Waals surface area (Å²) in [6, 6.07) is 7.18. The molecule has 2 rings (SSSR count). The van der Waals surface area contributed by atoms with Gasteiger partial charge in [0.1, 0.15) is 5.82 Å². The van der Waals surface area contributed by atoms with Gasteiger partial charge >= 0.3 is 0 Å². The Bertz CT molecular complexity index is 641. The van der Waals surface area contributed by atoms with Gasteiger partial charge in [-0.25, -0.2) is 4.98 Å². The molecule has 0 aliphatic carbocycles. The van der Waals surface area contributed by atoms with Gasteiger partial charge in [-0.3, -0.25) is 4.79 Å². The molecule has 0 saturated carbocycles. The Morgan fingerprint density at radius 2 is 2.11 bits per heavy atom. The number of aromatic nitrogens is 1. The van der Waals surface area contributed by atoms with E-state index in [-0.39, 0.29) is 16.7 Å². The Morgan fingerprint density at radius 1 is 1.37 bits per heavy atom. The predicted octanol–water partition coefficient (Wildman–Crippen LogP) is 3.19. The third-order valence-electron chi connectivity index (χ3n) is 2.97. The molecule has 1 aromatic carbocycles. The fourth-order valence-corrected chi connectivity index (χ4v) is 1.89. The molecule has 0 fully saturated rings. The van der Waals surface area contributed by atoms with Crippen LogP contribution in [0, 0.1) is 13.8 Å². The number of nitrogen functional groups attached to an aromatic ring is 1. The molecule has 0 aliphatic rings. The van der Waals surface area contributed by atoms with E-state index in [0.29, 0.717) is 5.56 Å². The quantitative estimate of drug-likeness (QED) is 0.884. The summed E-state index contributed by atoms with van der Waals surface area (Å²) in [4.78, 5) is 16.0. The van der Waals surface area contributed by atoms with Gasteiger partial charge in [0.05, 0.1) is 10.6 Å². The van der Waals surface area contributed by atoms with Crippen LogP contribution in [0.4, 0.5) is 11.5 Å². The monoisotopic (exact) mass is 275 g/mol. The number of aryl methyl sites for hydroxylation is 1. The number of anilines is 2. The summed E-state index contributed by atoms with van der Waals surface area (Å²) in [5, 5.41) is 3.10. The third-order valence-corrected chi connectivity index (χ3v) is 3.28. The molecule has 4 nitrogen and oxygen atoms in total. The topological polar surface area (TPSA) is 68.0 Å². The van der Waals surface area contributed by atoms with Crippen molar-refractivity contribution in [3.05, 3.63) is 52.2 Å². The molecule has 0 spiro atoms. The van der Waals surface area contributed by atoms with Gasteiger partial charge in [-0.15, -0.1) is 0 Å². The molecule has 0 bridgehead atoms. The average Bonchev–Trinajstić information content (AvgIpc) is 2.38. The van der Waals surface area contributed by atoms with E-state index in [4.69, 9.17) is 17.3 Å². The van der Waals surface area contributed by atoms with Gasteiger partial charge in [-0.2, -0.15) is 0 Å². The van der Waals surface area contributed by atoms with E-state index in [9.17, 15) is 4.79 Å². The Morgan fingerprint density at radius 3 is 2.84 bits per heavy atom. The fraction of sp³-hybridized carbons (Fsp3) is 0.143. The van der Waals surface area contributed by atoms with Gasteiger partial charge in [-0.1, -0.05) is 23.7 Å². The van der Waals surface area contributed by atoms with Crippen LogP contribution in [-0.2, 0) is 0 Å². The molecular weight excluding hydrogens is 262 g/mol. The van der Waals surface area contributed by atoms with Gasteiger partial charge in [0.25, 0.3) is 5.91 Å². The zero-order valence-corrected chi connectivity index (χ0v) is 11.5. The van der Waals surface area contributed by atoms with Gasteiger partial charge in [0.2, 0.25) is 0 Å². The summed E-state index contributed by atoms with van der Waals surface area (Å²) in [6.07, 6.45) is 1.37. The Labute approximate surface area is 116 Å². The number of benzene rings is 1. The maximum atomic E-state index is 12.2. The lowest BCUT2D eigenvalue weighted by molar-refractivity contribution is 0.102. The van der Waals surface area contributed by atoms with Gasteiger partial charge < -0.3 is 11.1 Å². The minimum absolute atomic E-state index is 0.260. The molecule has 1 aromatic heterocycles. The summed E-state index contributed by atoms with van der Waals surface area (Å²) < 4.78 is 0. The molecule has 1 amide bonds. The number of nitrogens with one attached hydrogen (secondary N) is 1. The van der Waals surface area contributed by atoms with Crippen molar-refractivity contribution < 1.29 is 4.79 Å². The summed E-state index contributed by atoms with van der Waals surface area (Å²) in [6.45, 7) is 3.94. The summed E-state index contributed by atoms with van der Waals surface area (Å²) in [5.74, 6) is -0.0386. The second-order valence-electron chi connectivity index (χ2n) is 4.29. The number of carbonyl (C=O) groups is 1. The van der Waals surface area contributed by atoms with E-state index in [1.165, 1.54) is 12.3 Å². The molecule has 98 valence electrons. The molecule has 1 heterocycles. The van der Waals surface area contributed by atoms with E-state index in [1.54, 1.807) is 0 Å². The minimum atomic E-state index is -0.298. The first-order chi connectivity index (χ1) is 8.99. The van der Waals surface area contributed by atoms with Gasteiger partial charge in [0, 0.05) is 11.9 Å². The van der Waals surface area contributed by atoms with Gasteiger partial charge in [-0.05, 0) is 37.1 Å². The van der Waals surface area contributed by atoms with Crippen molar-refractivity contribution in [2.45, 2.75) is 13.8 Å². The number of pyridine rings is 1. The minimum Gasteiger partial charge on any atom is -0.384 e. The number of nitrogens with two attached hydrogens (primary N) is 1. The highest BCUT2D eigenvalue weighted by Crippen LogP contribution is 2.21. The second kappa shape index (κ2) is 5.28. The summed E-state index contributed by atoms with van der Waals surface area (Å²) >= 11 is 5.95. The molecule has 0 aliphatic heterocycles. The van der Waals surface area contributed by atoms with Crippen LogP contribution in [-0.4, -0.2) is 10.9 Å². The molecule has 0 unspecified atom stereocenters. The first kappa shape index (κ1) is 13.4. The second-order valence-corrected chi connectivity index (χ2v) is 4.70. The highest BCUT2D eigenvalue weighted by atomic mass is 35.5. The largest absolute Gasteiger partial charge is 0.384 e. The zero-order chi connectivity index (χ0) is 14.0. The fourth-order valence-electron chi connectivity index (χ4n) is 1.71. The molecule has 5 heteroatoms. The van der Waals surface area contributed by atoms with Crippen molar-refractivity contribution in [1.82, 2.24) is 4.98 Å². The average molecular weight is 276 g/mol. The van der Waals surface area contributed by atoms with Crippen molar-refractivity contribution in [2.24, 2.45) is 0 Å². The number of rotatable bonds is 2. The number of hydrogen-bond acceptors (Lipinski definition) is 3. The van der Waals surface area contributed by atoms with Crippen LogP contribution in [0.1, 0.15) is 21.5 Å². The molecule has 0 saturated heterocycles. The van der Waals surface area contributed by atoms with Crippen LogP contribution in [0.25, 0.3) is 0 Å². The van der Waals surface area contributed by atoms with Crippen molar-refractivity contribution >= 4 is 29.0 Å². The van der Waals surface area contributed by atoms with E-state index < -0.39 is 0 Å². The van der Waals surface area contributed by atoms with Crippen molar-refractivity contribution in [2.75, 3.05) is 11.1 Å². The van der Waals surface area contributed by atoms with Crippen LogP contribution >= 0.6 is 11.6 Å². The van der Waals surface area contributed by atoms with E-state index in [1.807, 2.05) is 32.0 Å². The van der Waals surface area contributed by atoms with Crippen LogP contribution in [0.15, 0.2) is 30.5 Å². The molecule has 0 atom stereocenters. The first-order valence-electron chi connectivity index (χ1n) is 5.77. The number of carbonyl (C=O) groups excluding carboxylic acids is 1. The third kappa shape index (κ3) is 2.85.